The molecule has 8 heteroatoms. The lowest BCUT2D eigenvalue weighted by atomic mass is 9.82. The summed E-state index contributed by atoms with van der Waals surface area (Å²) in [5.41, 5.74) is 10.3. The lowest BCUT2D eigenvalue weighted by Crippen LogP contribution is -2.35. The molecule has 0 radical (unpaired) electrons. The first kappa shape index (κ1) is 24.3. The Bertz CT molecular complexity index is 650. The number of nitrogens with one attached hydrogen (secondary N) is 1. The molecule has 3 amide bonds. The fourth-order valence-electron chi connectivity index (χ4n) is 3.00. The maximum absolute atomic E-state index is 12.0. The Balaban J connectivity index is 0.000000447. The average molecular weight is 408 g/mol. The molecule has 1 saturated carbocycles. The minimum absolute atomic E-state index is 0.0152. The second-order valence-corrected chi connectivity index (χ2v) is 8.09. The third-order valence-electron chi connectivity index (χ3n) is 4.38. The smallest absolute Gasteiger partial charge is 0.405 e. The van der Waals surface area contributed by atoms with Crippen molar-refractivity contribution in [3.05, 3.63) is 35.9 Å². The van der Waals surface area contributed by atoms with E-state index in [4.69, 9.17) is 16.2 Å². The van der Waals surface area contributed by atoms with Gasteiger partial charge in [0.15, 0.2) is 0 Å². The molecule has 0 heterocycles. The van der Waals surface area contributed by atoms with Gasteiger partial charge in [0.1, 0.15) is 12.2 Å². The standard InChI is InChI=1S/C16H22N2O3.C5H11NO2/c17-16(20)18-10-12-6-8-14(9-7-12)15(19)21-11-13-4-2-1-3-5-13;1-5(2,3)8-4(6)7/h1-5,12,14H,6-11H2,(H3,17,18,20);1-3H3,(H2,6,7). The Hall–Kier alpha value is -2.77. The Morgan fingerprint density at radius 2 is 1.62 bits per heavy atom. The highest BCUT2D eigenvalue weighted by Crippen LogP contribution is 2.29. The van der Waals surface area contributed by atoms with Crippen LogP contribution in [0.5, 0.6) is 0 Å². The van der Waals surface area contributed by atoms with E-state index in [2.05, 4.69) is 10.1 Å². The van der Waals surface area contributed by atoms with Gasteiger partial charge < -0.3 is 26.3 Å². The van der Waals surface area contributed by atoms with E-state index >= 15 is 0 Å². The van der Waals surface area contributed by atoms with Gasteiger partial charge in [-0.2, -0.15) is 0 Å². The lowest BCUT2D eigenvalue weighted by molar-refractivity contribution is -0.151. The Kier molecular flexibility index (Phi) is 9.99. The van der Waals surface area contributed by atoms with Gasteiger partial charge in [0.2, 0.25) is 0 Å². The van der Waals surface area contributed by atoms with Crippen molar-refractivity contribution in [3.8, 4) is 0 Å². The number of primary amides is 2. The van der Waals surface area contributed by atoms with Crippen LogP contribution in [-0.2, 0) is 20.9 Å². The van der Waals surface area contributed by atoms with E-state index in [-0.39, 0.29) is 11.9 Å². The number of amides is 3. The van der Waals surface area contributed by atoms with Gasteiger partial charge in [0.05, 0.1) is 5.92 Å². The van der Waals surface area contributed by atoms with E-state index in [1.165, 1.54) is 0 Å². The van der Waals surface area contributed by atoms with Crippen LogP contribution >= 0.6 is 0 Å². The predicted octanol–water partition coefficient (Wildman–Crippen LogP) is 3.08. The van der Waals surface area contributed by atoms with Crippen LogP contribution in [0.4, 0.5) is 9.59 Å². The van der Waals surface area contributed by atoms with Crippen molar-refractivity contribution in [3.63, 3.8) is 0 Å². The van der Waals surface area contributed by atoms with E-state index < -0.39 is 17.7 Å². The summed E-state index contributed by atoms with van der Waals surface area (Å²) in [6.07, 6.45) is 2.76. The van der Waals surface area contributed by atoms with Gasteiger partial charge in [0.25, 0.3) is 0 Å². The minimum atomic E-state index is -0.725. The molecule has 1 aliphatic rings. The highest BCUT2D eigenvalue weighted by atomic mass is 16.6. The summed E-state index contributed by atoms with van der Waals surface area (Å²) < 4.78 is 9.95. The summed E-state index contributed by atoms with van der Waals surface area (Å²) in [6, 6.07) is 9.20. The third kappa shape index (κ3) is 11.6. The molecule has 0 aromatic heterocycles. The van der Waals surface area contributed by atoms with Crippen molar-refractivity contribution in [2.24, 2.45) is 23.3 Å². The van der Waals surface area contributed by atoms with Crippen LogP contribution in [0.2, 0.25) is 0 Å². The summed E-state index contributed by atoms with van der Waals surface area (Å²) >= 11 is 0. The number of urea groups is 1. The summed E-state index contributed by atoms with van der Waals surface area (Å²) in [5.74, 6) is 0.286. The van der Waals surface area contributed by atoms with Crippen molar-refractivity contribution in [1.29, 1.82) is 0 Å². The molecule has 1 fully saturated rings. The number of carbonyl (C=O) groups excluding carboxylic acids is 3. The van der Waals surface area contributed by atoms with Crippen LogP contribution in [-0.4, -0.2) is 30.2 Å². The van der Waals surface area contributed by atoms with Gasteiger partial charge in [-0.1, -0.05) is 30.3 Å². The van der Waals surface area contributed by atoms with E-state index in [0.29, 0.717) is 19.1 Å². The van der Waals surface area contributed by atoms with Crippen LogP contribution in [0, 0.1) is 11.8 Å². The molecule has 0 spiro atoms. The van der Waals surface area contributed by atoms with Crippen LogP contribution in [0.15, 0.2) is 30.3 Å². The van der Waals surface area contributed by atoms with Crippen LogP contribution in [0.3, 0.4) is 0 Å². The maximum Gasteiger partial charge on any atom is 0.405 e. The van der Waals surface area contributed by atoms with Gasteiger partial charge in [-0.25, -0.2) is 9.59 Å². The van der Waals surface area contributed by atoms with E-state index in [1.807, 2.05) is 30.3 Å². The molecule has 29 heavy (non-hydrogen) atoms. The number of benzene rings is 1. The SMILES string of the molecule is CC(C)(C)OC(N)=O.NC(=O)NCC1CCC(C(=O)OCc2ccccc2)CC1. The van der Waals surface area contributed by atoms with Crippen molar-refractivity contribution >= 4 is 18.1 Å². The van der Waals surface area contributed by atoms with Gasteiger partial charge in [-0.15, -0.1) is 0 Å². The predicted molar refractivity (Wildman–Crippen MR) is 110 cm³/mol. The van der Waals surface area contributed by atoms with Gasteiger partial charge >= 0.3 is 18.1 Å². The molecule has 0 atom stereocenters. The largest absolute Gasteiger partial charge is 0.461 e. The van der Waals surface area contributed by atoms with E-state index in [1.54, 1.807) is 20.8 Å². The molecule has 2 rings (SSSR count). The highest BCUT2D eigenvalue weighted by molar-refractivity contribution is 5.72. The first-order valence-corrected chi connectivity index (χ1v) is 9.79. The summed E-state index contributed by atoms with van der Waals surface area (Å²) in [6.45, 7) is 6.22. The van der Waals surface area contributed by atoms with Crippen LogP contribution < -0.4 is 16.8 Å². The number of nitrogens with two attached hydrogens (primary N) is 2. The molecule has 0 unspecified atom stereocenters. The average Bonchev–Trinajstić information content (AvgIpc) is 2.64. The molecule has 1 aromatic rings. The molecular formula is C21H33N3O5. The third-order valence-corrected chi connectivity index (χ3v) is 4.38. The van der Waals surface area contributed by atoms with Gasteiger partial charge in [-0.3, -0.25) is 4.79 Å². The number of hydrogen-bond acceptors (Lipinski definition) is 5. The molecular weight excluding hydrogens is 374 g/mol. The number of ether oxygens (including phenoxy) is 2. The molecule has 8 nitrogen and oxygen atoms in total. The second-order valence-electron chi connectivity index (χ2n) is 8.09. The Labute approximate surface area is 172 Å². The van der Waals surface area contributed by atoms with Crippen molar-refractivity contribution in [2.75, 3.05) is 6.54 Å². The lowest BCUT2D eigenvalue weighted by Gasteiger charge is -2.27. The zero-order valence-corrected chi connectivity index (χ0v) is 17.5. The molecule has 1 aromatic carbocycles. The molecule has 0 aliphatic heterocycles. The number of esters is 1. The number of hydrogen-bond donors (Lipinski definition) is 3. The van der Waals surface area contributed by atoms with E-state index in [0.717, 1.165) is 31.2 Å². The minimum Gasteiger partial charge on any atom is -0.461 e. The molecule has 0 bridgehead atoms. The van der Waals surface area contributed by atoms with Gasteiger partial charge in [0, 0.05) is 6.54 Å². The quantitative estimate of drug-likeness (QED) is 0.645. The Morgan fingerprint density at radius 1 is 1.03 bits per heavy atom. The zero-order chi connectivity index (χ0) is 21.9. The number of rotatable bonds is 5. The monoisotopic (exact) mass is 407 g/mol. The Morgan fingerprint density at radius 3 is 2.07 bits per heavy atom. The summed E-state index contributed by atoms with van der Waals surface area (Å²) in [5, 5.41) is 2.63. The first-order chi connectivity index (χ1) is 13.6. The summed E-state index contributed by atoms with van der Waals surface area (Å²) in [4.78, 5) is 32.7. The fraction of sp³-hybridized carbons (Fsp3) is 0.571. The molecule has 1 aliphatic carbocycles. The van der Waals surface area contributed by atoms with Crippen LogP contribution in [0.1, 0.15) is 52.0 Å². The van der Waals surface area contributed by atoms with Crippen molar-refractivity contribution < 1.29 is 23.9 Å². The summed E-state index contributed by atoms with van der Waals surface area (Å²) in [7, 11) is 0. The van der Waals surface area contributed by atoms with E-state index in [9.17, 15) is 14.4 Å². The molecule has 5 N–H and O–H groups in total. The van der Waals surface area contributed by atoms with Crippen molar-refractivity contribution in [1.82, 2.24) is 5.32 Å². The topological polar surface area (TPSA) is 134 Å². The second kappa shape index (κ2) is 11.9. The zero-order valence-electron chi connectivity index (χ0n) is 17.5. The first-order valence-electron chi connectivity index (χ1n) is 9.79. The molecule has 162 valence electrons. The normalized spacial score (nSPS) is 18.6. The number of carbonyl (C=O) groups is 3. The van der Waals surface area contributed by atoms with Gasteiger partial charge in [-0.05, 0) is 57.9 Å². The van der Waals surface area contributed by atoms with Crippen LogP contribution in [0.25, 0.3) is 0 Å². The maximum atomic E-state index is 12.0. The highest BCUT2D eigenvalue weighted by Gasteiger charge is 2.27. The molecule has 0 saturated heterocycles. The fourth-order valence-corrected chi connectivity index (χ4v) is 3.00. The van der Waals surface area contributed by atoms with Crippen molar-refractivity contribution in [2.45, 2.75) is 58.7 Å².